The number of rotatable bonds is 2. The zero-order valence-corrected chi connectivity index (χ0v) is 14.2. The highest BCUT2D eigenvalue weighted by atomic mass is 32.1. The number of alkyl halides is 3. The highest BCUT2D eigenvalue weighted by Crippen LogP contribution is 2.37. The maximum absolute atomic E-state index is 12.8. The van der Waals surface area contributed by atoms with Gasteiger partial charge in [0.05, 0.1) is 11.6 Å². The number of urea groups is 1. The average molecular weight is 361 g/mol. The maximum Gasteiger partial charge on any atom is 0.391 e. The van der Waals surface area contributed by atoms with Crippen LogP contribution in [0.15, 0.2) is 0 Å². The molecule has 2 aliphatic carbocycles. The van der Waals surface area contributed by atoms with Crippen molar-refractivity contribution in [3.63, 3.8) is 0 Å². The number of amides is 2. The summed E-state index contributed by atoms with van der Waals surface area (Å²) in [6.07, 6.45) is 2.41. The van der Waals surface area contributed by atoms with Crippen LogP contribution >= 0.6 is 11.3 Å². The summed E-state index contributed by atoms with van der Waals surface area (Å²) in [5, 5.41) is 5.92. The van der Waals surface area contributed by atoms with Crippen molar-refractivity contribution in [3.05, 3.63) is 10.6 Å². The Kier molecular flexibility index (Phi) is 5.32. The number of aryl methyl sites for hydroxylation is 2. The lowest BCUT2D eigenvalue weighted by molar-refractivity contribution is -0.183. The van der Waals surface area contributed by atoms with Gasteiger partial charge in [-0.3, -0.25) is 5.32 Å². The molecule has 4 nitrogen and oxygen atoms in total. The third kappa shape index (κ3) is 4.40. The van der Waals surface area contributed by atoms with E-state index in [0.29, 0.717) is 18.0 Å². The van der Waals surface area contributed by atoms with Crippen molar-refractivity contribution < 1.29 is 18.0 Å². The van der Waals surface area contributed by atoms with Gasteiger partial charge in [-0.05, 0) is 44.9 Å². The number of nitrogens with one attached hydrogen (secondary N) is 2. The normalized spacial score (nSPS) is 24.8. The van der Waals surface area contributed by atoms with Crippen molar-refractivity contribution in [1.29, 1.82) is 0 Å². The molecule has 24 heavy (non-hydrogen) atoms. The smallest absolute Gasteiger partial charge is 0.335 e. The molecule has 0 aliphatic heterocycles. The van der Waals surface area contributed by atoms with E-state index in [4.69, 9.17) is 0 Å². The molecular weight excluding hydrogens is 339 g/mol. The van der Waals surface area contributed by atoms with Crippen LogP contribution in [0.2, 0.25) is 0 Å². The number of fused-ring (bicyclic) bond motifs is 1. The standard InChI is InChI=1S/C16H22F3N3OS/c17-16(18,19)10-5-4-6-11(9-10)20-14(23)22-15-21-12-7-2-1-3-8-13(12)24-15/h10-11H,1-9H2,(H2,20,21,22,23). The predicted molar refractivity (Wildman–Crippen MR) is 87.3 cm³/mol. The van der Waals surface area contributed by atoms with Gasteiger partial charge in [0.25, 0.3) is 0 Å². The van der Waals surface area contributed by atoms with E-state index in [-0.39, 0.29) is 12.8 Å². The van der Waals surface area contributed by atoms with Gasteiger partial charge in [-0.15, -0.1) is 11.3 Å². The molecule has 0 aromatic carbocycles. The first-order valence-corrected chi connectivity index (χ1v) is 9.36. The summed E-state index contributed by atoms with van der Waals surface area (Å²) in [7, 11) is 0. The summed E-state index contributed by atoms with van der Waals surface area (Å²) in [5.74, 6) is -1.31. The fourth-order valence-electron chi connectivity index (χ4n) is 3.52. The van der Waals surface area contributed by atoms with Crippen LogP contribution in [0.25, 0.3) is 0 Å². The molecule has 1 fully saturated rings. The average Bonchev–Trinajstić information content (AvgIpc) is 2.75. The van der Waals surface area contributed by atoms with Gasteiger partial charge in [0.15, 0.2) is 5.13 Å². The van der Waals surface area contributed by atoms with Crippen LogP contribution in [0, 0.1) is 5.92 Å². The lowest BCUT2D eigenvalue weighted by Crippen LogP contribution is -2.43. The lowest BCUT2D eigenvalue weighted by atomic mass is 9.85. The number of thiazole rings is 1. The van der Waals surface area contributed by atoms with Crippen LogP contribution in [-0.4, -0.2) is 23.2 Å². The minimum atomic E-state index is -4.18. The molecule has 0 radical (unpaired) electrons. The topological polar surface area (TPSA) is 54.0 Å². The van der Waals surface area contributed by atoms with E-state index in [1.165, 1.54) is 22.6 Å². The Hall–Kier alpha value is -1.31. The van der Waals surface area contributed by atoms with Gasteiger partial charge in [0, 0.05) is 10.9 Å². The second kappa shape index (κ2) is 7.29. The SMILES string of the molecule is O=C(Nc1nc2c(s1)CCCCC2)NC1CCCC(C(F)(F)F)C1. The largest absolute Gasteiger partial charge is 0.391 e. The molecule has 2 unspecified atom stereocenters. The van der Waals surface area contributed by atoms with Crippen molar-refractivity contribution in [2.24, 2.45) is 5.92 Å². The Balaban J connectivity index is 1.54. The van der Waals surface area contributed by atoms with Crippen LogP contribution in [0.3, 0.4) is 0 Å². The third-order valence-corrected chi connectivity index (χ3v) is 5.86. The Labute approximate surface area is 143 Å². The molecule has 0 saturated heterocycles. The van der Waals surface area contributed by atoms with Gasteiger partial charge in [0.1, 0.15) is 0 Å². The second-order valence-electron chi connectivity index (χ2n) is 6.65. The predicted octanol–water partition coefficient (Wildman–Crippen LogP) is 4.65. The second-order valence-corrected chi connectivity index (χ2v) is 7.73. The summed E-state index contributed by atoms with van der Waals surface area (Å²) in [6.45, 7) is 0. The van der Waals surface area contributed by atoms with E-state index >= 15 is 0 Å². The van der Waals surface area contributed by atoms with Gasteiger partial charge in [-0.1, -0.05) is 12.8 Å². The molecule has 1 aromatic heterocycles. The molecule has 0 spiro atoms. The number of hydrogen-bond donors (Lipinski definition) is 2. The van der Waals surface area contributed by atoms with E-state index in [2.05, 4.69) is 15.6 Å². The fourth-order valence-corrected chi connectivity index (χ4v) is 4.56. The van der Waals surface area contributed by atoms with Gasteiger partial charge in [-0.25, -0.2) is 9.78 Å². The Morgan fingerprint density at radius 3 is 2.71 bits per heavy atom. The molecule has 2 N–H and O–H groups in total. The molecule has 2 atom stereocenters. The lowest BCUT2D eigenvalue weighted by Gasteiger charge is -2.30. The van der Waals surface area contributed by atoms with Crippen molar-refractivity contribution >= 4 is 22.5 Å². The van der Waals surface area contributed by atoms with Crippen LogP contribution in [-0.2, 0) is 12.8 Å². The molecule has 0 bridgehead atoms. The van der Waals surface area contributed by atoms with Crippen LogP contribution in [0.5, 0.6) is 0 Å². The fraction of sp³-hybridized carbons (Fsp3) is 0.750. The molecular formula is C16H22F3N3OS. The molecule has 1 heterocycles. The Morgan fingerprint density at radius 2 is 1.92 bits per heavy atom. The van der Waals surface area contributed by atoms with E-state index in [1.54, 1.807) is 0 Å². The summed E-state index contributed by atoms with van der Waals surface area (Å²) in [6, 6.07) is -0.880. The van der Waals surface area contributed by atoms with E-state index < -0.39 is 24.2 Å². The minimum Gasteiger partial charge on any atom is -0.335 e. The number of carbonyl (C=O) groups is 1. The zero-order chi connectivity index (χ0) is 17.2. The number of nitrogens with zero attached hydrogens (tertiary/aromatic N) is 1. The van der Waals surface area contributed by atoms with Crippen molar-refractivity contribution in [1.82, 2.24) is 10.3 Å². The van der Waals surface area contributed by atoms with E-state index in [0.717, 1.165) is 31.4 Å². The molecule has 1 saturated carbocycles. The Morgan fingerprint density at radius 1 is 1.12 bits per heavy atom. The molecule has 3 rings (SSSR count). The first kappa shape index (κ1) is 17.5. The van der Waals surface area contributed by atoms with Crippen molar-refractivity contribution in [2.75, 3.05) is 5.32 Å². The van der Waals surface area contributed by atoms with Gasteiger partial charge >= 0.3 is 12.2 Å². The number of carbonyl (C=O) groups excluding carboxylic acids is 1. The van der Waals surface area contributed by atoms with Crippen molar-refractivity contribution in [3.8, 4) is 0 Å². The molecule has 8 heteroatoms. The van der Waals surface area contributed by atoms with Crippen LogP contribution in [0.4, 0.5) is 23.1 Å². The van der Waals surface area contributed by atoms with Gasteiger partial charge in [0.2, 0.25) is 0 Å². The quantitative estimate of drug-likeness (QED) is 0.753. The first-order chi connectivity index (χ1) is 11.4. The minimum absolute atomic E-state index is 0.0364. The third-order valence-electron chi connectivity index (χ3n) is 4.79. The van der Waals surface area contributed by atoms with E-state index in [1.807, 2.05) is 0 Å². The zero-order valence-electron chi connectivity index (χ0n) is 13.4. The summed E-state index contributed by atoms with van der Waals surface area (Å²) in [5.41, 5.74) is 1.06. The number of hydrogen-bond acceptors (Lipinski definition) is 3. The highest BCUT2D eigenvalue weighted by molar-refractivity contribution is 7.15. The summed E-state index contributed by atoms with van der Waals surface area (Å²) >= 11 is 1.48. The van der Waals surface area contributed by atoms with Gasteiger partial charge < -0.3 is 5.32 Å². The maximum atomic E-state index is 12.8. The summed E-state index contributed by atoms with van der Waals surface area (Å²) < 4.78 is 38.5. The molecule has 1 aromatic rings. The van der Waals surface area contributed by atoms with E-state index in [9.17, 15) is 18.0 Å². The number of aromatic nitrogens is 1. The molecule has 2 aliphatic rings. The monoisotopic (exact) mass is 361 g/mol. The van der Waals surface area contributed by atoms with Gasteiger partial charge in [-0.2, -0.15) is 13.2 Å². The Bertz CT molecular complexity index is 564. The molecule has 134 valence electrons. The summed E-state index contributed by atoms with van der Waals surface area (Å²) in [4.78, 5) is 17.8. The first-order valence-electron chi connectivity index (χ1n) is 8.54. The highest BCUT2D eigenvalue weighted by Gasteiger charge is 2.42. The molecule has 2 amide bonds. The number of anilines is 1. The van der Waals surface area contributed by atoms with Crippen LogP contribution in [0.1, 0.15) is 55.5 Å². The van der Waals surface area contributed by atoms with Crippen LogP contribution < -0.4 is 10.6 Å². The van der Waals surface area contributed by atoms with Crippen molar-refractivity contribution in [2.45, 2.75) is 70.0 Å². The number of halogens is 3.